The lowest BCUT2D eigenvalue weighted by atomic mass is 10.1. The van der Waals surface area contributed by atoms with Crippen molar-refractivity contribution in [1.82, 2.24) is 19.6 Å². The van der Waals surface area contributed by atoms with Crippen molar-refractivity contribution in [3.8, 4) is 0 Å². The first-order chi connectivity index (χ1) is 16.2. The summed E-state index contributed by atoms with van der Waals surface area (Å²) in [6.07, 6.45) is 1.93. The van der Waals surface area contributed by atoms with Crippen LogP contribution in [0, 0.1) is 20.8 Å². The summed E-state index contributed by atoms with van der Waals surface area (Å²) in [6, 6.07) is 13.9. The average molecular weight is 578 g/mol. The zero-order chi connectivity index (χ0) is 24.4. The molecule has 4 rings (SSSR count). The highest BCUT2D eigenvalue weighted by atomic mass is 79.9. The molecule has 0 radical (unpaired) electrons. The number of rotatable bonds is 6. The van der Waals surface area contributed by atoms with E-state index in [4.69, 9.17) is 35.4 Å². The van der Waals surface area contributed by atoms with Gasteiger partial charge in [0, 0.05) is 16.2 Å². The summed E-state index contributed by atoms with van der Waals surface area (Å²) in [7, 11) is 0. The van der Waals surface area contributed by atoms with Crippen molar-refractivity contribution >= 4 is 68.0 Å². The maximum absolute atomic E-state index is 6.34. The molecule has 34 heavy (non-hydrogen) atoms. The summed E-state index contributed by atoms with van der Waals surface area (Å²) in [5.74, 6) is 0.639. The van der Waals surface area contributed by atoms with Crippen molar-refractivity contribution in [2.45, 2.75) is 33.9 Å². The number of halogens is 3. The van der Waals surface area contributed by atoms with Gasteiger partial charge in [0.25, 0.3) is 0 Å². The molecule has 0 aliphatic carbocycles. The van der Waals surface area contributed by atoms with Crippen LogP contribution in [-0.4, -0.2) is 24.7 Å². The lowest BCUT2D eigenvalue weighted by molar-refractivity contribution is 0.659. The van der Waals surface area contributed by atoms with Gasteiger partial charge >= 0.3 is 0 Å². The molecule has 2 aromatic heterocycles. The SMILES string of the molecule is Cc1ccc(Cn2cc(Br)c(NC(=S)Nc3c(C)nn(Cc4ccc(Cl)cc4Cl)c3C)n2)cc1. The Kier molecular flexibility index (Phi) is 7.62. The molecule has 0 atom stereocenters. The highest BCUT2D eigenvalue weighted by Crippen LogP contribution is 2.26. The highest BCUT2D eigenvalue weighted by molar-refractivity contribution is 9.10. The Bertz CT molecular complexity index is 1350. The number of aryl methyl sites for hydroxylation is 2. The number of hydrogen-bond donors (Lipinski definition) is 2. The molecule has 0 saturated carbocycles. The van der Waals surface area contributed by atoms with E-state index in [1.807, 2.05) is 41.5 Å². The molecular formula is C24H23BrCl2N6S. The van der Waals surface area contributed by atoms with Crippen molar-refractivity contribution in [2.75, 3.05) is 10.6 Å². The van der Waals surface area contributed by atoms with Gasteiger partial charge in [-0.3, -0.25) is 9.36 Å². The Morgan fingerprint density at radius 2 is 1.74 bits per heavy atom. The van der Waals surface area contributed by atoms with Gasteiger partial charge in [-0.15, -0.1) is 0 Å². The van der Waals surface area contributed by atoms with Crippen LogP contribution in [0.1, 0.15) is 28.1 Å². The zero-order valence-corrected chi connectivity index (χ0v) is 22.8. The third kappa shape index (κ3) is 5.81. The number of aromatic nitrogens is 4. The van der Waals surface area contributed by atoms with E-state index in [1.165, 1.54) is 11.1 Å². The van der Waals surface area contributed by atoms with Crippen LogP contribution in [0.2, 0.25) is 10.0 Å². The van der Waals surface area contributed by atoms with E-state index in [9.17, 15) is 0 Å². The molecule has 10 heteroatoms. The standard InChI is InChI=1S/C24H23BrCl2N6S/c1-14-4-6-17(7-5-14)11-32-13-20(25)23(31-32)29-24(34)28-22-15(2)30-33(16(22)3)12-18-8-9-19(26)10-21(18)27/h4-10,13H,11-12H2,1-3H3,(H2,28,29,31,34). The summed E-state index contributed by atoms with van der Waals surface area (Å²) in [5, 5.41) is 17.3. The Morgan fingerprint density at radius 3 is 2.44 bits per heavy atom. The van der Waals surface area contributed by atoms with E-state index in [2.05, 4.69) is 68.0 Å². The molecule has 6 nitrogen and oxygen atoms in total. The van der Waals surface area contributed by atoms with Gasteiger partial charge in [0.05, 0.1) is 34.6 Å². The maximum Gasteiger partial charge on any atom is 0.176 e. The summed E-state index contributed by atoms with van der Waals surface area (Å²) in [4.78, 5) is 0. The minimum atomic E-state index is 0.427. The quantitative estimate of drug-likeness (QED) is 0.242. The maximum atomic E-state index is 6.34. The largest absolute Gasteiger partial charge is 0.329 e. The molecular weight excluding hydrogens is 555 g/mol. The van der Waals surface area contributed by atoms with Gasteiger partial charge in [-0.05, 0) is 72.2 Å². The molecule has 0 aliphatic heterocycles. The van der Waals surface area contributed by atoms with Crippen LogP contribution < -0.4 is 10.6 Å². The number of anilines is 2. The van der Waals surface area contributed by atoms with Crippen molar-refractivity contribution in [1.29, 1.82) is 0 Å². The minimum Gasteiger partial charge on any atom is -0.329 e. The summed E-state index contributed by atoms with van der Waals surface area (Å²) < 4.78 is 4.58. The van der Waals surface area contributed by atoms with Gasteiger partial charge in [0.15, 0.2) is 10.9 Å². The Morgan fingerprint density at radius 1 is 1.00 bits per heavy atom. The van der Waals surface area contributed by atoms with E-state index in [-0.39, 0.29) is 0 Å². The fraction of sp³-hybridized carbons (Fsp3) is 0.208. The van der Waals surface area contributed by atoms with Gasteiger partial charge in [-0.1, -0.05) is 59.1 Å². The van der Waals surface area contributed by atoms with Crippen LogP contribution in [0.4, 0.5) is 11.5 Å². The monoisotopic (exact) mass is 576 g/mol. The molecule has 0 fully saturated rings. The van der Waals surface area contributed by atoms with Crippen LogP contribution >= 0.6 is 51.3 Å². The Labute approximate surface area is 222 Å². The van der Waals surface area contributed by atoms with Crippen LogP contribution in [0.15, 0.2) is 53.1 Å². The van der Waals surface area contributed by atoms with Gasteiger partial charge in [-0.2, -0.15) is 10.2 Å². The van der Waals surface area contributed by atoms with E-state index in [0.717, 1.165) is 27.1 Å². The minimum absolute atomic E-state index is 0.427. The van der Waals surface area contributed by atoms with Gasteiger partial charge < -0.3 is 10.6 Å². The molecule has 4 aromatic rings. The number of nitrogens with zero attached hydrogens (tertiary/aromatic N) is 4. The Balaban J connectivity index is 1.44. The summed E-state index contributed by atoms with van der Waals surface area (Å²) in [6.45, 7) is 7.19. The fourth-order valence-electron chi connectivity index (χ4n) is 3.54. The van der Waals surface area contributed by atoms with Crippen LogP contribution in [0.3, 0.4) is 0 Å². The van der Waals surface area contributed by atoms with E-state index in [0.29, 0.717) is 34.1 Å². The molecule has 0 spiro atoms. The molecule has 0 amide bonds. The van der Waals surface area contributed by atoms with Gasteiger partial charge in [0.2, 0.25) is 0 Å². The fourth-order valence-corrected chi connectivity index (χ4v) is 4.62. The lowest BCUT2D eigenvalue weighted by Crippen LogP contribution is -2.20. The predicted molar refractivity (Wildman–Crippen MR) is 147 cm³/mol. The smallest absolute Gasteiger partial charge is 0.176 e. The topological polar surface area (TPSA) is 59.7 Å². The zero-order valence-electron chi connectivity index (χ0n) is 18.9. The van der Waals surface area contributed by atoms with Crippen molar-refractivity contribution in [3.05, 3.63) is 91.3 Å². The first-order valence-electron chi connectivity index (χ1n) is 10.5. The molecule has 0 saturated heterocycles. The normalized spacial score (nSPS) is 11.0. The lowest BCUT2D eigenvalue weighted by Gasteiger charge is -2.11. The van der Waals surface area contributed by atoms with E-state index in [1.54, 1.807) is 6.07 Å². The third-order valence-electron chi connectivity index (χ3n) is 5.37. The number of nitrogens with one attached hydrogen (secondary N) is 2. The van der Waals surface area contributed by atoms with Gasteiger partial charge in [-0.25, -0.2) is 0 Å². The first kappa shape index (κ1) is 24.7. The average Bonchev–Trinajstić information content (AvgIpc) is 3.24. The second-order valence-corrected chi connectivity index (χ2v) is 10.1. The summed E-state index contributed by atoms with van der Waals surface area (Å²) in [5.41, 5.74) is 5.96. The van der Waals surface area contributed by atoms with Crippen molar-refractivity contribution in [2.24, 2.45) is 0 Å². The molecule has 0 aliphatic rings. The molecule has 2 aromatic carbocycles. The number of hydrogen-bond acceptors (Lipinski definition) is 3. The van der Waals surface area contributed by atoms with Crippen LogP contribution in [-0.2, 0) is 13.1 Å². The number of benzene rings is 2. The first-order valence-corrected chi connectivity index (χ1v) is 12.5. The second-order valence-electron chi connectivity index (χ2n) is 8.03. The van der Waals surface area contributed by atoms with E-state index >= 15 is 0 Å². The number of thiocarbonyl (C=S) groups is 1. The van der Waals surface area contributed by atoms with Crippen molar-refractivity contribution < 1.29 is 0 Å². The van der Waals surface area contributed by atoms with Crippen molar-refractivity contribution in [3.63, 3.8) is 0 Å². The molecule has 2 N–H and O–H groups in total. The third-order valence-corrected chi connectivity index (χ3v) is 6.74. The molecule has 0 bridgehead atoms. The highest BCUT2D eigenvalue weighted by Gasteiger charge is 2.16. The molecule has 2 heterocycles. The van der Waals surface area contributed by atoms with Gasteiger partial charge in [0.1, 0.15) is 0 Å². The summed E-state index contributed by atoms with van der Waals surface area (Å²) >= 11 is 21.5. The molecule has 176 valence electrons. The van der Waals surface area contributed by atoms with Crippen LogP contribution in [0.5, 0.6) is 0 Å². The second kappa shape index (κ2) is 10.5. The van der Waals surface area contributed by atoms with Crippen LogP contribution in [0.25, 0.3) is 0 Å². The predicted octanol–water partition coefficient (Wildman–Crippen LogP) is 6.98. The molecule has 0 unspecified atom stereocenters. The van der Waals surface area contributed by atoms with E-state index < -0.39 is 0 Å². The Hall–Kier alpha value is -2.39.